The summed E-state index contributed by atoms with van der Waals surface area (Å²) in [5.41, 5.74) is 0.894. The van der Waals surface area contributed by atoms with Gasteiger partial charge in [0.15, 0.2) is 0 Å². The van der Waals surface area contributed by atoms with Gasteiger partial charge in [-0.2, -0.15) is 0 Å². The van der Waals surface area contributed by atoms with Gasteiger partial charge < -0.3 is 25.0 Å². The molecule has 2 aromatic rings. The number of nitrogens with zero attached hydrogens (tertiary/aromatic N) is 1. The Morgan fingerprint density at radius 1 is 1.03 bits per heavy atom. The van der Waals surface area contributed by atoms with E-state index in [1.807, 2.05) is 30.3 Å². The van der Waals surface area contributed by atoms with E-state index in [0.717, 1.165) is 5.56 Å². The van der Waals surface area contributed by atoms with Gasteiger partial charge in [-0.25, -0.2) is 4.79 Å². The maximum atomic E-state index is 13.9. The Hall–Kier alpha value is -4.32. The van der Waals surface area contributed by atoms with E-state index in [0.29, 0.717) is 11.1 Å². The highest BCUT2D eigenvalue weighted by molar-refractivity contribution is 5.92. The number of rotatable bonds is 11. The fourth-order valence-corrected chi connectivity index (χ4v) is 3.88. The third-order valence-electron chi connectivity index (χ3n) is 5.60. The van der Waals surface area contributed by atoms with Crippen LogP contribution in [0.5, 0.6) is 0 Å². The van der Waals surface area contributed by atoms with E-state index in [4.69, 9.17) is 15.9 Å². The molecule has 2 unspecified atom stereocenters. The van der Waals surface area contributed by atoms with Gasteiger partial charge in [0.25, 0.3) is 0 Å². The Morgan fingerprint density at radius 3 is 2.28 bits per heavy atom. The molecule has 2 atom stereocenters. The molecule has 2 aromatic carbocycles. The van der Waals surface area contributed by atoms with Gasteiger partial charge >= 0.3 is 12.1 Å². The quantitative estimate of drug-likeness (QED) is 0.337. The van der Waals surface area contributed by atoms with Crippen LogP contribution in [-0.2, 0) is 30.3 Å². The topological polar surface area (TPSA) is 114 Å². The molecule has 0 bridgehead atoms. The molecule has 9 heteroatoms. The second kappa shape index (κ2) is 14.6. The van der Waals surface area contributed by atoms with Crippen molar-refractivity contribution in [2.24, 2.45) is 0 Å². The van der Waals surface area contributed by atoms with Crippen LogP contribution in [0, 0.1) is 12.3 Å². The molecule has 0 fully saturated rings. The third kappa shape index (κ3) is 9.82. The first-order valence-corrected chi connectivity index (χ1v) is 12.8. The number of esters is 1. The SMILES string of the molecule is C#Cc1ccccc1C(C(=O)NCCC(=O)OCC)N(C)C(=O)C(Cc1ccccc1)NC(=O)OC(C)(C)C. The summed E-state index contributed by atoms with van der Waals surface area (Å²) in [6.45, 7) is 7.11. The molecule has 3 amide bonds. The zero-order valence-electron chi connectivity index (χ0n) is 23.2. The minimum Gasteiger partial charge on any atom is -0.466 e. The summed E-state index contributed by atoms with van der Waals surface area (Å²) in [7, 11) is 1.47. The molecule has 0 radical (unpaired) electrons. The van der Waals surface area contributed by atoms with Crippen molar-refractivity contribution in [3.8, 4) is 12.3 Å². The van der Waals surface area contributed by atoms with Crippen LogP contribution in [0.1, 0.15) is 56.8 Å². The van der Waals surface area contributed by atoms with Crippen LogP contribution in [0.15, 0.2) is 54.6 Å². The number of hydrogen-bond donors (Lipinski definition) is 2. The summed E-state index contributed by atoms with van der Waals surface area (Å²) in [4.78, 5) is 53.0. The van der Waals surface area contributed by atoms with Crippen LogP contribution >= 0.6 is 0 Å². The number of carbonyl (C=O) groups is 4. The highest BCUT2D eigenvalue weighted by Crippen LogP contribution is 2.25. The molecule has 0 aliphatic heterocycles. The molecule has 2 rings (SSSR count). The molecule has 39 heavy (non-hydrogen) atoms. The predicted molar refractivity (Wildman–Crippen MR) is 147 cm³/mol. The number of carbonyl (C=O) groups excluding carboxylic acids is 4. The van der Waals surface area contributed by atoms with E-state index in [1.165, 1.54) is 11.9 Å². The highest BCUT2D eigenvalue weighted by Gasteiger charge is 2.35. The normalized spacial score (nSPS) is 12.3. The van der Waals surface area contributed by atoms with Gasteiger partial charge in [0, 0.05) is 25.6 Å². The molecule has 0 aromatic heterocycles. The summed E-state index contributed by atoms with van der Waals surface area (Å²) < 4.78 is 10.3. The van der Waals surface area contributed by atoms with Gasteiger partial charge in [0.05, 0.1) is 13.0 Å². The number of alkyl carbamates (subject to hydrolysis) is 1. The number of ether oxygens (including phenoxy) is 2. The number of amides is 3. The van der Waals surface area contributed by atoms with Crippen molar-refractivity contribution in [2.45, 2.75) is 58.2 Å². The van der Waals surface area contributed by atoms with Crippen molar-refractivity contribution >= 4 is 23.9 Å². The molecule has 2 N–H and O–H groups in total. The third-order valence-corrected chi connectivity index (χ3v) is 5.60. The zero-order chi connectivity index (χ0) is 29.0. The second-order valence-electron chi connectivity index (χ2n) is 9.82. The summed E-state index contributed by atoms with van der Waals surface area (Å²) in [5, 5.41) is 5.37. The zero-order valence-corrected chi connectivity index (χ0v) is 23.2. The molecule has 0 saturated carbocycles. The van der Waals surface area contributed by atoms with Crippen molar-refractivity contribution < 1.29 is 28.7 Å². The summed E-state index contributed by atoms with van der Waals surface area (Å²) in [6.07, 6.45) is 5.08. The predicted octanol–water partition coefficient (Wildman–Crippen LogP) is 3.37. The van der Waals surface area contributed by atoms with E-state index in [9.17, 15) is 19.2 Å². The lowest BCUT2D eigenvalue weighted by atomic mass is 9.97. The van der Waals surface area contributed by atoms with E-state index < -0.39 is 41.6 Å². The number of terminal acetylenes is 1. The number of benzene rings is 2. The summed E-state index contributed by atoms with van der Waals surface area (Å²) >= 11 is 0. The number of likely N-dealkylation sites (N-methyl/N-ethyl adjacent to an activating group) is 1. The fourth-order valence-electron chi connectivity index (χ4n) is 3.88. The monoisotopic (exact) mass is 535 g/mol. The minimum atomic E-state index is -1.13. The first-order chi connectivity index (χ1) is 18.5. The smallest absolute Gasteiger partial charge is 0.408 e. The van der Waals surface area contributed by atoms with Gasteiger partial charge in [-0.3, -0.25) is 14.4 Å². The molecule has 0 aliphatic rings. The Labute approximate surface area is 230 Å². The Bertz CT molecular complexity index is 1180. The van der Waals surface area contributed by atoms with Gasteiger partial charge in [-0.05, 0) is 44.9 Å². The second-order valence-corrected chi connectivity index (χ2v) is 9.82. The van der Waals surface area contributed by atoms with Crippen LogP contribution in [0.2, 0.25) is 0 Å². The Kier molecular flexibility index (Phi) is 11.5. The van der Waals surface area contributed by atoms with Crippen LogP contribution in [0.4, 0.5) is 4.79 Å². The molecule has 0 spiro atoms. The lowest BCUT2D eigenvalue weighted by molar-refractivity contribution is -0.143. The van der Waals surface area contributed by atoms with Crippen molar-refractivity contribution in [3.05, 3.63) is 71.3 Å². The summed E-state index contributed by atoms with van der Waals surface area (Å²) in [5.74, 6) is 1.05. The maximum absolute atomic E-state index is 13.9. The lowest BCUT2D eigenvalue weighted by Crippen LogP contribution is -2.52. The van der Waals surface area contributed by atoms with Crippen molar-refractivity contribution in [2.75, 3.05) is 20.2 Å². The maximum Gasteiger partial charge on any atom is 0.408 e. The van der Waals surface area contributed by atoms with Gasteiger partial charge in [0.2, 0.25) is 11.8 Å². The molecule has 0 saturated heterocycles. The highest BCUT2D eigenvalue weighted by atomic mass is 16.6. The molecule has 9 nitrogen and oxygen atoms in total. The van der Waals surface area contributed by atoms with Crippen LogP contribution in [-0.4, -0.2) is 60.6 Å². The van der Waals surface area contributed by atoms with Crippen molar-refractivity contribution in [1.29, 1.82) is 0 Å². The fraction of sp³-hybridized carbons (Fsp3) is 0.400. The minimum absolute atomic E-state index is 0.0119. The van der Waals surface area contributed by atoms with E-state index in [-0.39, 0.29) is 26.0 Å². The number of hydrogen-bond acceptors (Lipinski definition) is 6. The summed E-state index contributed by atoms with van der Waals surface area (Å²) in [6, 6.07) is 13.8. The Balaban J connectivity index is 2.39. The largest absolute Gasteiger partial charge is 0.466 e. The number of nitrogens with one attached hydrogen (secondary N) is 2. The standard InChI is InChI=1S/C30H37N3O6/c1-7-22-16-12-13-17-23(22)26(27(35)31-19-18-25(34)38-8-2)33(6)28(36)24(20-21-14-10-9-11-15-21)32-29(37)39-30(3,4)5/h1,9-17,24,26H,8,18-20H2,2-6H3,(H,31,35)(H,32,37). The van der Waals surface area contributed by atoms with E-state index >= 15 is 0 Å². The van der Waals surface area contributed by atoms with Crippen LogP contribution < -0.4 is 10.6 Å². The van der Waals surface area contributed by atoms with Crippen LogP contribution in [0.25, 0.3) is 0 Å². The van der Waals surface area contributed by atoms with Crippen LogP contribution in [0.3, 0.4) is 0 Å². The van der Waals surface area contributed by atoms with Gasteiger partial charge in [-0.15, -0.1) is 6.42 Å². The van der Waals surface area contributed by atoms with E-state index in [1.54, 1.807) is 52.0 Å². The first-order valence-electron chi connectivity index (χ1n) is 12.8. The first kappa shape index (κ1) is 30.9. The van der Waals surface area contributed by atoms with Gasteiger partial charge in [0.1, 0.15) is 17.7 Å². The average molecular weight is 536 g/mol. The van der Waals surface area contributed by atoms with Crippen molar-refractivity contribution in [1.82, 2.24) is 15.5 Å². The molecule has 208 valence electrons. The molecular weight excluding hydrogens is 498 g/mol. The van der Waals surface area contributed by atoms with E-state index in [2.05, 4.69) is 16.6 Å². The molecule has 0 aliphatic carbocycles. The van der Waals surface area contributed by atoms with Gasteiger partial charge in [-0.1, -0.05) is 54.5 Å². The molecule has 0 heterocycles. The lowest BCUT2D eigenvalue weighted by Gasteiger charge is -2.32. The van der Waals surface area contributed by atoms with Crippen molar-refractivity contribution in [3.63, 3.8) is 0 Å². The Morgan fingerprint density at radius 2 is 1.67 bits per heavy atom. The average Bonchev–Trinajstić information content (AvgIpc) is 2.88. The molecular formula is C30H37N3O6.